The smallest absolute Gasteiger partial charge is 0.176 e. The fourth-order valence-electron chi connectivity index (χ4n) is 2.66. The van der Waals surface area contributed by atoms with Crippen LogP contribution in [0, 0.1) is 19.7 Å². The van der Waals surface area contributed by atoms with E-state index in [1.807, 2.05) is 26.0 Å². The van der Waals surface area contributed by atoms with Crippen LogP contribution in [0.1, 0.15) is 28.3 Å². The minimum absolute atomic E-state index is 0.261. The van der Waals surface area contributed by atoms with E-state index in [1.165, 1.54) is 10.7 Å². The summed E-state index contributed by atoms with van der Waals surface area (Å²) in [4.78, 5) is 4.98. The molecule has 3 N–H and O–H groups in total. The molecular weight excluding hydrogens is 339 g/mol. The van der Waals surface area contributed by atoms with Crippen molar-refractivity contribution in [2.24, 2.45) is 5.14 Å². The van der Waals surface area contributed by atoms with Crippen LogP contribution in [0.4, 0.5) is 4.39 Å². The fraction of sp³-hybridized carbons (Fsp3) is 0.222. The summed E-state index contributed by atoms with van der Waals surface area (Å²) in [5, 5.41) is 19.1. The standard InChI is InChI=1S/C18H19FN4OS/c1-11-3-4-12(2)13(7-11)8-18-21-17(10-24)22-23(18)16-6-5-14(25-20)9-15(16)19/h3-7,9,24H,8,10,20H2,1-2H3. The van der Waals surface area contributed by atoms with Crippen LogP contribution in [0.3, 0.4) is 0 Å². The number of hydrogen-bond acceptors (Lipinski definition) is 5. The number of aliphatic hydroxyl groups excluding tert-OH is 1. The van der Waals surface area contributed by atoms with Crippen molar-refractivity contribution < 1.29 is 9.50 Å². The first-order valence-electron chi connectivity index (χ1n) is 7.80. The number of nitrogens with zero attached hydrogens (tertiary/aromatic N) is 3. The molecular formula is C18H19FN4OS. The Hall–Kier alpha value is -2.22. The van der Waals surface area contributed by atoms with Crippen molar-refractivity contribution in [1.82, 2.24) is 14.8 Å². The number of aryl methyl sites for hydroxylation is 2. The molecule has 5 nitrogen and oxygen atoms in total. The van der Waals surface area contributed by atoms with Crippen LogP contribution >= 0.6 is 11.9 Å². The molecule has 0 aliphatic carbocycles. The molecule has 0 bridgehead atoms. The lowest BCUT2D eigenvalue weighted by molar-refractivity contribution is 0.271. The monoisotopic (exact) mass is 358 g/mol. The van der Waals surface area contributed by atoms with E-state index in [-0.39, 0.29) is 18.1 Å². The Kier molecular flexibility index (Phi) is 5.17. The zero-order chi connectivity index (χ0) is 18.0. The van der Waals surface area contributed by atoms with Crippen molar-refractivity contribution in [1.29, 1.82) is 0 Å². The van der Waals surface area contributed by atoms with E-state index in [0.717, 1.165) is 28.6 Å². The van der Waals surface area contributed by atoms with E-state index in [9.17, 15) is 9.50 Å². The molecule has 0 unspecified atom stereocenters. The highest BCUT2D eigenvalue weighted by molar-refractivity contribution is 7.97. The first-order chi connectivity index (χ1) is 12.0. The minimum atomic E-state index is -0.438. The van der Waals surface area contributed by atoms with Gasteiger partial charge in [-0.05, 0) is 55.1 Å². The summed E-state index contributed by atoms with van der Waals surface area (Å²) >= 11 is 0.982. The van der Waals surface area contributed by atoms with Gasteiger partial charge >= 0.3 is 0 Å². The zero-order valence-corrected chi connectivity index (χ0v) is 14.8. The lowest BCUT2D eigenvalue weighted by Gasteiger charge is -2.10. The van der Waals surface area contributed by atoms with E-state index in [4.69, 9.17) is 5.14 Å². The number of aromatic nitrogens is 3. The summed E-state index contributed by atoms with van der Waals surface area (Å²) in [6.07, 6.45) is 0.493. The Morgan fingerprint density at radius 3 is 2.68 bits per heavy atom. The largest absolute Gasteiger partial charge is 0.388 e. The third-order valence-corrected chi connectivity index (χ3v) is 4.52. The lowest BCUT2D eigenvalue weighted by Crippen LogP contribution is -2.07. The molecule has 1 aromatic heterocycles. The van der Waals surface area contributed by atoms with Gasteiger partial charge in [-0.15, -0.1) is 5.10 Å². The van der Waals surface area contributed by atoms with Crippen molar-refractivity contribution in [3.63, 3.8) is 0 Å². The highest BCUT2D eigenvalue weighted by atomic mass is 32.2. The molecule has 0 fully saturated rings. The number of halogens is 1. The van der Waals surface area contributed by atoms with E-state index in [0.29, 0.717) is 17.1 Å². The van der Waals surface area contributed by atoms with Gasteiger partial charge in [0.25, 0.3) is 0 Å². The fourth-order valence-corrected chi connectivity index (χ4v) is 2.98. The van der Waals surface area contributed by atoms with Gasteiger partial charge in [-0.1, -0.05) is 23.8 Å². The summed E-state index contributed by atoms with van der Waals surface area (Å²) in [6, 6.07) is 10.9. The number of aliphatic hydroxyl groups is 1. The van der Waals surface area contributed by atoms with Gasteiger partial charge in [0.05, 0.1) is 0 Å². The molecule has 3 rings (SSSR count). The maximum Gasteiger partial charge on any atom is 0.176 e. The second-order valence-corrected chi connectivity index (χ2v) is 6.56. The van der Waals surface area contributed by atoms with Crippen LogP contribution < -0.4 is 5.14 Å². The van der Waals surface area contributed by atoms with E-state index < -0.39 is 5.82 Å². The first-order valence-corrected chi connectivity index (χ1v) is 8.68. The average molecular weight is 358 g/mol. The van der Waals surface area contributed by atoms with Crippen molar-refractivity contribution in [3.8, 4) is 5.69 Å². The number of rotatable bonds is 5. The number of hydrogen-bond donors (Lipinski definition) is 2. The topological polar surface area (TPSA) is 77.0 Å². The predicted molar refractivity (Wildman–Crippen MR) is 96.0 cm³/mol. The van der Waals surface area contributed by atoms with Gasteiger partial charge < -0.3 is 5.11 Å². The minimum Gasteiger partial charge on any atom is -0.388 e. The van der Waals surface area contributed by atoms with Crippen LogP contribution in [-0.4, -0.2) is 19.9 Å². The second-order valence-electron chi connectivity index (χ2n) is 5.85. The van der Waals surface area contributed by atoms with Gasteiger partial charge in [-0.3, -0.25) is 5.14 Å². The van der Waals surface area contributed by atoms with Gasteiger partial charge in [0, 0.05) is 11.3 Å². The molecule has 7 heteroatoms. The van der Waals surface area contributed by atoms with Crippen LogP contribution in [0.25, 0.3) is 5.69 Å². The summed E-state index contributed by atoms with van der Waals surface area (Å²) in [5.41, 5.74) is 3.64. The van der Waals surface area contributed by atoms with E-state index >= 15 is 0 Å². The molecule has 0 saturated heterocycles. The average Bonchev–Trinajstić information content (AvgIpc) is 3.00. The molecule has 25 heavy (non-hydrogen) atoms. The predicted octanol–water partition coefficient (Wildman–Crippen LogP) is 3.07. The summed E-state index contributed by atoms with van der Waals surface area (Å²) in [5.74, 6) is 0.397. The van der Waals surface area contributed by atoms with E-state index in [1.54, 1.807) is 12.1 Å². The van der Waals surface area contributed by atoms with Gasteiger partial charge in [-0.2, -0.15) is 0 Å². The van der Waals surface area contributed by atoms with Crippen LogP contribution in [-0.2, 0) is 13.0 Å². The van der Waals surface area contributed by atoms with Gasteiger partial charge in [0.2, 0.25) is 0 Å². The highest BCUT2D eigenvalue weighted by Crippen LogP contribution is 2.22. The van der Waals surface area contributed by atoms with Crippen LogP contribution in [0.5, 0.6) is 0 Å². The van der Waals surface area contributed by atoms with Crippen molar-refractivity contribution in [2.75, 3.05) is 0 Å². The lowest BCUT2D eigenvalue weighted by atomic mass is 10.0. The SMILES string of the molecule is Cc1ccc(C)c(Cc2nc(CO)nn2-c2ccc(SN)cc2F)c1. The number of nitrogens with two attached hydrogens (primary N) is 1. The van der Waals surface area contributed by atoms with Gasteiger partial charge in [-0.25, -0.2) is 14.1 Å². The zero-order valence-electron chi connectivity index (χ0n) is 14.0. The molecule has 3 aromatic rings. The molecule has 0 aliphatic rings. The Balaban J connectivity index is 2.06. The molecule has 0 spiro atoms. The maximum atomic E-state index is 14.5. The third-order valence-electron chi connectivity index (χ3n) is 4.00. The molecule has 0 atom stereocenters. The quantitative estimate of drug-likeness (QED) is 0.686. The maximum absolute atomic E-state index is 14.5. The van der Waals surface area contributed by atoms with Gasteiger partial charge in [0.15, 0.2) is 5.82 Å². The number of benzene rings is 2. The van der Waals surface area contributed by atoms with Crippen molar-refractivity contribution in [2.45, 2.75) is 31.8 Å². The molecule has 0 saturated carbocycles. The Labute approximate surface area is 149 Å². The van der Waals surface area contributed by atoms with Crippen LogP contribution in [0.15, 0.2) is 41.3 Å². The Bertz CT molecular complexity index is 910. The first kappa shape index (κ1) is 17.6. The molecule has 0 aliphatic heterocycles. The molecule has 0 radical (unpaired) electrons. The second kappa shape index (κ2) is 7.35. The summed E-state index contributed by atoms with van der Waals surface area (Å²) in [6.45, 7) is 3.75. The van der Waals surface area contributed by atoms with Crippen LogP contribution in [0.2, 0.25) is 0 Å². The molecule has 2 aromatic carbocycles. The van der Waals surface area contributed by atoms with Gasteiger partial charge in [0.1, 0.15) is 23.9 Å². The summed E-state index contributed by atoms with van der Waals surface area (Å²) in [7, 11) is 0. The van der Waals surface area contributed by atoms with Crippen molar-refractivity contribution in [3.05, 3.63) is 70.6 Å². The third kappa shape index (κ3) is 3.73. The molecule has 0 amide bonds. The normalized spacial score (nSPS) is 11.1. The highest BCUT2D eigenvalue weighted by Gasteiger charge is 2.16. The molecule has 1 heterocycles. The van der Waals surface area contributed by atoms with E-state index in [2.05, 4.69) is 16.1 Å². The Morgan fingerprint density at radius 2 is 2.00 bits per heavy atom. The Morgan fingerprint density at radius 1 is 1.20 bits per heavy atom. The van der Waals surface area contributed by atoms with Crippen molar-refractivity contribution >= 4 is 11.9 Å². The summed E-state index contributed by atoms with van der Waals surface area (Å²) < 4.78 is 15.9. The molecule has 130 valence electrons.